The molecule has 0 aliphatic heterocycles. The molecule has 4 N–H and O–H groups in total. The molecule has 0 radical (unpaired) electrons. The van der Waals surface area contributed by atoms with Crippen LogP contribution in [0.1, 0.15) is 65.7 Å². The highest BCUT2D eigenvalue weighted by atomic mass is 16.5. The fraction of sp³-hybridized carbons (Fsp3) is 0.684. The minimum Gasteiger partial charge on any atom is -0.382 e. The zero-order valence-electron chi connectivity index (χ0n) is 17.4. The first-order valence-electron chi connectivity index (χ1n) is 9.26. The molecule has 0 aliphatic carbocycles. The van der Waals surface area contributed by atoms with E-state index >= 15 is 0 Å². The van der Waals surface area contributed by atoms with Gasteiger partial charge in [0.25, 0.3) is 5.91 Å². The van der Waals surface area contributed by atoms with Crippen molar-refractivity contribution in [1.82, 2.24) is 20.9 Å². The van der Waals surface area contributed by atoms with Crippen molar-refractivity contribution < 1.29 is 24.4 Å². The Hall–Kier alpha value is -2.26. The van der Waals surface area contributed by atoms with Crippen LogP contribution in [0.4, 0.5) is 0 Å². The van der Waals surface area contributed by atoms with Crippen molar-refractivity contribution in [1.29, 1.82) is 0 Å². The minimum atomic E-state index is -1.68. The maximum atomic E-state index is 12.9. The maximum Gasteiger partial charge on any atom is 0.272 e. The van der Waals surface area contributed by atoms with E-state index in [1.807, 2.05) is 41.5 Å². The van der Waals surface area contributed by atoms with Gasteiger partial charge in [0.05, 0.1) is 12.0 Å². The van der Waals surface area contributed by atoms with Gasteiger partial charge in [-0.25, -0.2) is 5.48 Å². The van der Waals surface area contributed by atoms with Crippen molar-refractivity contribution in [3.63, 3.8) is 0 Å². The quantitative estimate of drug-likeness (QED) is 0.284. The Morgan fingerprint density at radius 1 is 1.25 bits per heavy atom. The van der Waals surface area contributed by atoms with Gasteiger partial charge in [-0.15, -0.1) is 0 Å². The molecule has 0 saturated heterocycles. The number of nitrogens with one attached hydrogen (secondary N) is 2. The number of aromatic nitrogens is 2. The molecular formula is C19H32N4O5. The van der Waals surface area contributed by atoms with Gasteiger partial charge >= 0.3 is 0 Å². The van der Waals surface area contributed by atoms with Gasteiger partial charge in [-0.2, -0.15) is 4.98 Å². The summed E-state index contributed by atoms with van der Waals surface area (Å²) >= 11 is 0. The third kappa shape index (κ3) is 6.72. The Morgan fingerprint density at radius 3 is 2.32 bits per heavy atom. The highest BCUT2D eigenvalue weighted by molar-refractivity contribution is 5.88. The highest BCUT2D eigenvalue weighted by Crippen LogP contribution is 2.32. The molecule has 0 aromatic carbocycles. The molecule has 1 rings (SSSR count). The number of hydrogen-bond donors (Lipinski definition) is 4. The molecule has 0 aliphatic rings. The normalized spacial score (nSPS) is 15.0. The largest absolute Gasteiger partial charge is 0.382 e. The van der Waals surface area contributed by atoms with Crippen LogP contribution in [0, 0.1) is 17.3 Å². The molecule has 0 fully saturated rings. The van der Waals surface area contributed by atoms with E-state index in [1.165, 1.54) is 5.48 Å². The first-order valence-corrected chi connectivity index (χ1v) is 9.26. The van der Waals surface area contributed by atoms with Crippen LogP contribution in [-0.4, -0.2) is 38.4 Å². The summed E-state index contributed by atoms with van der Waals surface area (Å²) in [5.74, 6) is -1.87. The molecule has 158 valence electrons. The van der Waals surface area contributed by atoms with Crippen molar-refractivity contribution in [2.24, 2.45) is 17.3 Å². The summed E-state index contributed by atoms with van der Waals surface area (Å²) in [4.78, 5) is 28.9. The van der Waals surface area contributed by atoms with Gasteiger partial charge in [0, 0.05) is 6.42 Å². The Labute approximate surface area is 165 Å². The highest BCUT2D eigenvalue weighted by Gasteiger charge is 2.38. The molecule has 9 nitrogen and oxygen atoms in total. The first-order chi connectivity index (χ1) is 12.9. The van der Waals surface area contributed by atoms with E-state index in [0.29, 0.717) is 18.1 Å². The van der Waals surface area contributed by atoms with Crippen LogP contribution in [-0.2, 0) is 16.0 Å². The number of hydroxylamine groups is 1. The molecule has 0 saturated carbocycles. The standard InChI is InChI=1S/C19H32N4O5/c1-10(2)8-12(14(24)18(26)22-27)17(25)21-15(19(5,6)7)16-20-13(28-23-16)9-11(3)4/h10,12,14-15,24,27H,3,8-9H2,1-2,4-7H3,(H,21,25)(H,22,26)/t12-,14+,15-/m1/s1. The third-order valence-electron chi connectivity index (χ3n) is 4.17. The molecule has 0 unspecified atom stereocenters. The average Bonchev–Trinajstić information content (AvgIpc) is 3.01. The van der Waals surface area contributed by atoms with Crippen molar-refractivity contribution in [3.8, 4) is 0 Å². The number of nitrogens with zero attached hydrogens (tertiary/aromatic N) is 2. The Morgan fingerprint density at radius 2 is 1.86 bits per heavy atom. The van der Waals surface area contributed by atoms with Gasteiger partial charge < -0.3 is 14.9 Å². The number of allylic oxidation sites excluding steroid dienone is 1. The van der Waals surface area contributed by atoms with E-state index in [1.54, 1.807) is 0 Å². The van der Waals surface area contributed by atoms with Crippen LogP contribution in [0.5, 0.6) is 0 Å². The summed E-state index contributed by atoms with van der Waals surface area (Å²) in [7, 11) is 0. The number of aliphatic hydroxyl groups is 1. The average molecular weight is 396 g/mol. The van der Waals surface area contributed by atoms with Gasteiger partial charge in [-0.3, -0.25) is 14.8 Å². The number of amides is 2. The van der Waals surface area contributed by atoms with Crippen molar-refractivity contribution in [3.05, 3.63) is 23.9 Å². The smallest absolute Gasteiger partial charge is 0.272 e. The summed E-state index contributed by atoms with van der Waals surface area (Å²) in [6, 6.07) is -0.610. The van der Waals surface area contributed by atoms with Crippen molar-refractivity contribution in [2.75, 3.05) is 0 Å². The zero-order chi connectivity index (χ0) is 21.6. The molecule has 0 bridgehead atoms. The number of hydrogen-bond acceptors (Lipinski definition) is 7. The monoisotopic (exact) mass is 396 g/mol. The van der Waals surface area contributed by atoms with Crippen LogP contribution in [0.25, 0.3) is 0 Å². The van der Waals surface area contributed by atoms with Gasteiger partial charge in [-0.05, 0) is 24.7 Å². The van der Waals surface area contributed by atoms with E-state index in [4.69, 9.17) is 9.73 Å². The molecule has 1 aromatic rings. The van der Waals surface area contributed by atoms with E-state index in [9.17, 15) is 14.7 Å². The van der Waals surface area contributed by atoms with E-state index in [-0.39, 0.29) is 12.3 Å². The van der Waals surface area contributed by atoms with Crippen molar-refractivity contribution >= 4 is 11.8 Å². The summed E-state index contributed by atoms with van der Waals surface area (Å²) in [5, 5.41) is 25.8. The fourth-order valence-corrected chi connectivity index (χ4v) is 2.77. The van der Waals surface area contributed by atoms with Gasteiger partial charge in [-0.1, -0.05) is 51.9 Å². The van der Waals surface area contributed by atoms with E-state index < -0.39 is 35.3 Å². The lowest BCUT2D eigenvalue weighted by molar-refractivity contribution is -0.147. The molecule has 28 heavy (non-hydrogen) atoms. The zero-order valence-corrected chi connectivity index (χ0v) is 17.4. The molecule has 0 spiro atoms. The Kier molecular flexibility index (Phi) is 8.31. The number of aliphatic hydroxyl groups excluding tert-OH is 1. The van der Waals surface area contributed by atoms with Crippen molar-refractivity contribution in [2.45, 2.75) is 66.5 Å². The number of carbonyl (C=O) groups excluding carboxylic acids is 2. The number of rotatable bonds is 9. The van der Waals surface area contributed by atoms with E-state index in [2.05, 4.69) is 22.0 Å². The second-order valence-electron chi connectivity index (χ2n) is 8.64. The van der Waals surface area contributed by atoms with E-state index in [0.717, 1.165) is 5.57 Å². The lowest BCUT2D eigenvalue weighted by Crippen LogP contribution is -2.48. The van der Waals surface area contributed by atoms with Gasteiger partial charge in [0.15, 0.2) is 5.82 Å². The summed E-state index contributed by atoms with van der Waals surface area (Å²) in [5.41, 5.74) is 1.79. The van der Waals surface area contributed by atoms with Gasteiger partial charge in [0.1, 0.15) is 6.10 Å². The van der Waals surface area contributed by atoms with Crippen LogP contribution in [0.3, 0.4) is 0 Å². The maximum absolute atomic E-state index is 12.9. The summed E-state index contributed by atoms with van der Waals surface area (Å²) < 4.78 is 5.24. The fourth-order valence-electron chi connectivity index (χ4n) is 2.77. The lowest BCUT2D eigenvalue weighted by atomic mass is 9.84. The molecule has 3 atom stereocenters. The number of carbonyl (C=O) groups is 2. The molecule has 2 amide bonds. The van der Waals surface area contributed by atoms with Crippen LogP contribution >= 0.6 is 0 Å². The van der Waals surface area contributed by atoms with Gasteiger partial charge in [0.2, 0.25) is 11.8 Å². The molecule has 1 heterocycles. The topological polar surface area (TPSA) is 138 Å². The third-order valence-corrected chi connectivity index (χ3v) is 4.17. The summed E-state index contributed by atoms with van der Waals surface area (Å²) in [6.07, 6.45) is -0.995. The minimum absolute atomic E-state index is 0.0392. The summed E-state index contributed by atoms with van der Waals surface area (Å²) in [6.45, 7) is 15.1. The molecule has 9 heteroatoms. The second-order valence-corrected chi connectivity index (χ2v) is 8.64. The predicted octanol–water partition coefficient (Wildman–Crippen LogP) is 1.92. The van der Waals surface area contributed by atoms with Crippen LogP contribution in [0.2, 0.25) is 0 Å². The van der Waals surface area contributed by atoms with Crippen LogP contribution in [0.15, 0.2) is 16.7 Å². The molecular weight excluding hydrogens is 364 g/mol. The second kappa shape index (κ2) is 9.79. The predicted molar refractivity (Wildman–Crippen MR) is 102 cm³/mol. The van der Waals surface area contributed by atoms with Crippen LogP contribution < -0.4 is 10.8 Å². The Bertz CT molecular complexity index is 693. The lowest BCUT2D eigenvalue weighted by Gasteiger charge is -2.31. The molecule has 1 aromatic heterocycles. The Balaban J connectivity index is 3.12. The first kappa shape index (κ1) is 23.8. The SMILES string of the molecule is C=C(C)Cc1nc([C@@H](NC(=O)[C@H](CC(C)C)[C@H](O)C(=O)NO)C(C)(C)C)no1.